The number of anilines is 1. The van der Waals surface area contributed by atoms with Gasteiger partial charge in [-0.2, -0.15) is 0 Å². The molecule has 0 bridgehead atoms. The summed E-state index contributed by atoms with van der Waals surface area (Å²) in [4.78, 5) is 31.3. The molecule has 192 valence electrons. The van der Waals surface area contributed by atoms with Gasteiger partial charge >= 0.3 is 0 Å². The molecule has 1 aliphatic carbocycles. The van der Waals surface area contributed by atoms with Crippen LogP contribution in [0.4, 0.5) is 10.1 Å². The van der Waals surface area contributed by atoms with Gasteiger partial charge in [0.05, 0.1) is 35.3 Å². The maximum absolute atomic E-state index is 14.5. The standard InChI is InChI=1S/C29H26FN5O3/c1-3-26(36)34-14-10-19-16-29(19,34)11-7-18-17-31-12-8-20(18)25-15-21-24(9-13-32-28(21)37)35(25)33-23-6-4-5-22(30)27(23)38-2/h3-6,8,12,15,17,19,33H,1,9-10,13-14,16H2,2H3,(H,32,37)/t19-,29+/m1/s1. The number of rotatable bonds is 5. The first kappa shape index (κ1) is 23.8. The van der Waals surface area contributed by atoms with Gasteiger partial charge in [0.1, 0.15) is 5.54 Å². The summed E-state index contributed by atoms with van der Waals surface area (Å²) in [5, 5.41) is 2.88. The zero-order valence-electron chi connectivity index (χ0n) is 20.9. The molecule has 2 aliphatic heterocycles. The number of carbonyl (C=O) groups excluding carboxylic acids is 2. The van der Waals surface area contributed by atoms with Gasteiger partial charge in [-0.25, -0.2) is 4.39 Å². The lowest BCUT2D eigenvalue weighted by molar-refractivity contribution is -0.126. The number of aromatic nitrogens is 2. The van der Waals surface area contributed by atoms with Crippen molar-refractivity contribution in [3.8, 4) is 28.8 Å². The van der Waals surface area contributed by atoms with Crippen LogP contribution >= 0.6 is 0 Å². The zero-order valence-corrected chi connectivity index (χ0v) is 20.9. The van der Waals surface area contributed by atoms with Crippen LogP contribution in [-0.4, -0.2) is 52.1 Å². The summed E-state index contributed by atoms with van der Waals surface area (Å²) in [6.07, 6.45) is 7.06. The number of amides is 2. The minimum absolute atomic E-state index is 0.0722. The Bertz CT molecular complexity index is 1550. The largest absolute Gasteiger partial charge is 0.492 e. The topological polar surface area (TPSA) is 88.5 Å². The fourth-order valence-corrected chi connectivity index (χ4v) is 5.64. The van der Waals surface area contributed by atoms with Crippen LogP contribution in [0.1, 0.15) is 34.5 Å². The highest BCUT2D eigenvalue weighted by Crippen LogP contribution is 2.55. The van der Waals surface area contributed by atoms with Crippen LogP contribution in [0.15, 0.2) is 55.4 Å². The van der Waals surface area contributed by atoms with Gasteiger partial charge in [0.2, 0.25) is 5.91 Å². The molecule has 2 amide bonds. The third-order valence-corrected chi connectivity index (χ3v) is 7.61. The van der Waals surface area contributed by atoms with Crippen LogP contribution in [-0.2, 0) is 11.2 Å². The second-order valence-corrected chi connectivity index (χ2v) is 9.64. The van der Waals surface area contributed by atoms with Gasteiger partial charge in [-0.05, 0) is 49.1 Å². The van der Waals surface area contributed by atoms with Crippen molar-refractivity contribution in [2.45, 2.75) is 24.8 Å². The molecular formula is C29H26FN5O3. The van der Waals surface area contributed by atoms with Crippen LogP contribution in [0, 0.1) is 23.6 Å². The van der Waals surface area contributed by atoms with Gasteiger partial charge in [0.15, 0.2) is 11.6 Å². The highest BCUT2D eigenvalue weighted by molar-refractivity contribution is 5.98. The second kappa shape index (κ2) is 9.06. The van der Waals surface area contributed by atoms with E-state index in [1.807, 2.05) is 17.0 Å². The Morgan fingerprint density at radius 3 is 3.03 bits per heavy atom. The third-order valence-electron chi connectivity index (χ3n) is 7.61. The van der Waals surface area contributed by atoms with Crippen LogP contribution in [0.3, 0.4) is 0 Å². The molecule has 0 radical (unpaired) electrons. The van der Waals surface area contributed by atoms with Crippen molar-refractivity contribution in [2.24, 2.45) is 5.92 Å². The van der Waals surface area contributed by atoms with Crippen molar-refractivity contribution >= 4 is 17.5 Å². The number of nitrogens with one attached hydrogen (secondary N) is 2. The smallest absolute Gasteiger partial charge is 0.253 e. The summed E-state index contributed by atoms with van der Waals surface area (Å²) in [6.45, 7) is 4.80. The summed E-state index contributed by atoms with van der Waals surface area (Å²) in [6, 6.07) is 8.28. The summed E-state index contributed by atoms with van der Waals surface area (Å²) < 4.78 is 21.6. The SMILES string of the molecule is C=CC(=O)N1CC[C@@H]2C[C@@]21C#Cc1cnccc1-c1cc2c(n1Nc1cccc(F)c1OC)CCNC2=O. The van der Waals surface area contributed by atoms with Crippen molar-refractivity contribution in [3.05, 3.63) is 78.0 Å². The fourth-order valence-electron chi connectivity index (χ4n) is 5.64. The number of nitrogens with zero attached hydrogens (tertiary/aromatic N) is 3. The molecule has 38 heavy (non-hydrogen) atoms. The number of para-hydroxylation sites is 1. The first-order valence-electron chi connectivity index (χ1n) is 12.5. The Morgan fingerprint density at radius 2 is 2.24 bits per heavy atom. The lowest BCUT2D eigenvalue weighted by Crippen LogP contribution is -2.38. The van der Waals surface area contributed by atoms with Crippen molar-refractivity contribution in [3.63, 3.8) is 0 Å². The van der Waals surface area contributed by atoms with E-state index in [0.717, 1.165) is 24.1 Å². The van der Waals surface area contributed by atoms with Crippen molar-refractivity contribution < 1.29 is 18.7 Å². The monoisotopic (exact) mass is 511 g/mol. The number of fused-ring (bicyclic) bond motifs is 2. The molecule has 2 N–H and O–H groups in total. The van der Waals surface area contributed by atoms with E-state index >= 15 is 0 Å². The highest BCUT2D eigenvalue weighted by Gasteiger charge is 2.62. The van der Waals surface area contributed by atoms with Gasteiger partial charge in [0, 0.05) is 37.5 Å². The summed E-state index contributed by atoms with van der Waals surface area (Å²) in [5.41, 5.74) is 6.62. The molecule has 3 aliphatic rings. The molecule has 1 saturated carbocycles. The first-order chi connectivity index (χ1) is 18.5. The number of carbonyl (C=O) groups is 2. The molecule has 1 saturated heterocycles. The minimum atomic E-state index is -0.498. The number of benzene rings is 1. The molecule has 9 heteroatoms. The maximum atomic E-state index is 14.5. The van der Waals surface area contributed by atoms with Gasteiger partial charge in [0.25, 0.3) is 5.91 Å². The van der Waals surface area contributed by atoms with E-state index in [-0.39, 0.29) is 17.6 Å². The third kappa shape index (κ3) is 3.72. The Kier molecular flexibility index (Phi) is 5.68. The van der Waals surface area contributed by atoms with Crippen LogP contribution in [0.5, 0.6) is 5.75 Å². The number of methoxy groups -OCH3 is 1. The molecule has 2 fully saturated rings. The van der Waals surface area contributed by atoms with Crippen molar-refractivity contribution in [1.29, 1.82) is 0 Å². The minimum Gasteiger partial charge on any atom is -0.492 e. The molecule has 8 nitrogen and oxygen atoms in total. The van der Waals surface area contributed by atoms with E-state index in [2.05, 4.69) is 34.1 Å². The van der Waals surface area contributed by atoms with E-state index in [4.69, 9.17) is 4.74 Å². The molecule has 4 heterocycles. The van der Waals surface area contributed by atoms with Gasteiger partial charge in [-0.15, -0.1) is 0 Å². The molecule has 6 rings (SSSR count). The zero-order chi connectivity index (χ0) is 26.4. The number of pyridine rings is 1. The lowest BCUT2D eigenvalue weighted by atomic mass is 10.1. The highest BCUT2D eigenvalue weighted by atomic mass is 19.1. The normalized spacial score (nSPS) is 20.9. The average Bonchev–Trinajstić information content (AvgIpc) is 3.33. The van der Waals surface area contributed by atoms with Gasteiger partial charge < -0.3 is 15.0 Å². The van der Waals surface area contributed by atoms with E-state index in [1.165, 1.54) is 19.3 Å². The Labute approximate surface area is 219 Å². The van der Waals surface area contributed by atoms with Crippen LogP contribution in [0.25, 0.3) is 11.3 Å². The number of hydrogen-bond acceptors (Lipinski definition) is 5. The lowest BCUT2D eigenvalue weighted by Gasteiger charge is -2.22. The summed E-state index contributed by atoms with van der Waals surface area (Å²) >= 11 is 0. The molecule has 2 aromatic heterocycles. The number of likely N-dealkylation sites (tertiary alicyclic amines) is 1. The Hall–Kier alpha value is -4.58. The van der Waals surface area contributed by atoms with E-state index < -0.39 is 11.4 Å². The Balaban J connectivity index is 1.46. The molecule has 1 aromatic carbocycles. The van der Waals surface area contributed by atoms with Crippen LogP contribution < -0.4 is 15.5 Å². The number of ether oxygens (including phenoxy) is 1. The first-order valence-corrected chi connectivity index (χ1v) is 12.5. The van der Waals surface area contributed by atoms with E-state index in [1.54, 1.807) is 29.2 Å². The molecule has 0 spiro atoms. The van der Waals surface area contributed by atoms with E-state index in [0.29, 0.717) is 47.9 Å². The quantitative estimate of drug-likeness (QED) is 0.405. The molecule has 2 atom stereocenters. The fraction of sp³-hybridized carbons (Fsp3) is 0.276. The number of hydrogen-bond donors (Lipinski definition) is 2. The number of halogens is 1. The summed E-state index contributed by atoms with van der Waals surface area (Å²) in [5.74, 6) is 6.33. The predicted octanol–water partition coefficient (Wildman–Crippen LogP) is 3.39. The van der Waals surface area contributed by atoms with Crippen molar-refractivity contribution in [1.82, 2.24) is 19.9 Å². The predicted molar refractivity (Wildman–Crippen MR) is 140 cm³/mol. The number of piperidine rings is 1. The van der Waals surface area contributed by atoms with Crippen LogP contribution in [0.2, 0.25) is 0 Å². The van der Waals surface area contributed by atoms with Crippen molar-refractivity contribution in [2.75, 3.05) is 25.6 Å². The second-order valence-electron chi connectivity index (χ2n) is 9.64. The average molecular weight is 512 g/mol. The molecular weight excluding hydrogens is 485 g/mol. The maximum Gasteiger partial charge on any atom is 0.253 e. The molecule has 0 unspecified atom stereocenters. The summed E-state index contributed by atoms with van der Waals surface area (Å²) in [7, 11) is 1.41. The Morgan fingerprint density at radius 1 is 1.37 bits per heavy atom. The molecule has 3 aromatic rings. The van der Waals surface area contributed by atoms with Gasteiger partial charge in [-0.3, -0.25) is 24.7 Å². The van der Waals surface area contributed by atoms with E-state index in [9.17, 15) is 14.0 Å². The van der Waals surface area contributed by atoms with Gasteiger partial charge in [-0.1, -0.05) is 24.5 Å².